The Labute approximate surface area is 108 Å². The van der Waals surface area contributed by atoms with E-state index in [4.69, 9.17) is 4.74 Å². The lowest BCUT2D eigenvalue weighted by Gasteiger charge is -2.12. The van der Waals surface area contributed by atoms with Crippen LogP contribution in [0.4, 0.5) is 0 Å². The third-order valence-electron chi connectivity index (χ3n) is 3.27. The van der Waals surface area contributed by atoms with Gasteiger partial charge in [-0.3, -0.25) is 0 Å². The van der Waals surface area contributed by atoms with Crippen molar-refractivity contribution in [1.82, 2.24) is 5.32 Å². The second-order valence-corrected chi connectivity index (χ2v) is 5.62. The van der Waals surface area contributed by atoms with Crippen molar-refractivity contribution in [2.24, 2.45) is 0 Å². The van der Waals surface area contributed by atoms with Crippen molar-refractivity contribution >= 4 is 11.8 Å². The van der Waals surface area contributed by atoms with Crippen LogP contribution in [0, 0.1) is 0 Å². The van der Waals surface area contributed by atoms with E-state index >= 15 is 0 Å². The Balaban J connectivity index is 1.84. The van der Waals surface area contributed by atoms with Gasteiger partial charge in [0, 0.05) is 23.3 Å². The number of benzene rings is 1. The van der Waals surface area contributed by atoms with Crippen molar-refractivity contribution in [3.05, 3.63) is 29.8 Å². The normalized spacial score (nSPS) is 21.6. The average molecular weight is 251 g/mol. The molecule has 0 amide bonds. The summed E-state index contributed by atoms with van der Waals surface area (Å²) in [4.78, 5) is 1.34. The Morgan fingerprint density at radius 1 is 1.41 bits per heavy atom. The molecule has 1 aliphatic rings. The Bertz CT molecular complexity index is 333. The number of rotatable bonds is 5. The van der Waals surface area contributed by atoms with E-state index in [-0.39, 0.29) is 0 Å². The number of thioether (sulfide) groups is 1. The maximum absolute atomic E-state index is 5.62. The van der Waals surface area contributed by atoms with E-state index in [1.54, 1.807) is 0 Å². The van der Waals surface area contributed by atoms with Crippen molar-refractivity contribution in [3.63, 3.8) is 0 Å². The van der Waals surface area contributed by atoms with Crippen LogP contribution in [0.5, 0.6) is 0 Å². The number of hydrogen-bond donors (Lipinski definition) is 1. The topological polar surface area (TPSA) is 21.3 Å². The fraction of sp³-hybridized carbons (Fsp3) is 0.571. The summed E-state index contributed by atoms with van der Waals surface area (Å²) in [5.74, 6) is 1.08. The summed E-state index contributed by atoms with van der Waals surface area (Å²) in [5.41, 5.74) is 1.34. The molecule has 1 aromatic carbocycles. The van der Waals surface area contributed by atoms with Gasteiger partial charge in [0.2, 0.25) is 0 Å². The minimum atomic E-state index is 0.423. The van der Waals surface area contributed by atoms with E-state index in [1.807, 2.05) is 18.8 Å². The highest BCUT2D eigenvalue weighted by atomic mass is 32.2. The van der Waals surface area contributed by atoms with Crippen molar-refractivity contribution in [3.8, 4) is 0 Å². The van der Waals surface area contributed by atoms with Crippen LogP contribution in [0.25, 0.3) is 0 Å². The molecule has 2 unspecified atom stereocenters. The van der Waals surface area contributed by atoms with Crippen LogP contribution < -0.4 is 5.32 Å². The number of ether oxygens (including phenoxy) is 1. The lowest BCUT2D eigenvalue weighted by Crippen LogP contribution is -2.12. The molecule has 0 spiro atoms. The van der Waals surface area contributed by atoms with Crippen LogP contribution in [-0.2, 0) is 4.74 Å². The van der Waals surface area contributed by atoms with Gasteiger partial charge in [0.15, 0.2) is 0 Å². The minimum Gasteiger partial charge on any atom is -0.377 e. The molecule has 1 aromatic rings. The summed E-state index contributed by atoms with van der Waals surface area (Å²) in [6.45, 7) is 3.12. The van der Waals surface area contributed by atoms with E-state index < -0.39 is 0 Å². The predicted molar refractivity (Wildman–Crippen MR) is 73.6 cm³/mol. The molecule has 94 valence electrons. The molecule has 3 heteroatoms. The van der Waals surface area contributed by atoms with Gasteiger partial charge in [0.05, 0.1) is 6.10 Å². The predicted octanol–water partition coefficient (Wildman–Crippen LogP) is 3.24. The summed E-state index contributed by atoms with van der Waals surface area (Å²) in [6.07, 6.45) is 2.92. The van der Waals surface area contributed by atoms with Gasteiger partial charge < -0.3 is 10.1 Å². The van der Waals surface area contributed by atoms with Crippen LogP contribution >= 0.6 is 11.8 Å². The molecular formula is C14H21NOS. The van der Waals surface area contributed by atoms with Crippen molar-refractivity contribution in [2.45, 2.75) is 36.8 Å². The van der Waals surface area contributed by atoms with Gasteiger partial charge in [-0.2, -0.15) is 0 Å². The summed E-state index contributed by atoms with van der Waals surface area (Å²) in [7, 11) is 1.99. The van der Waals surface area contributed by atoms with Gasteiger partial charge in [0.25, 0.3) is 0 Å². The molecule has 0 bridgehead atoms. The molecule has 1 N–H and O–H groups in total. The van der Waals surface area contributed by atoms with E-state index in [9.17, 15) is 0 Å². The first-order valence-corrected chi connectivity index (χ1v) is 7.30. The molecule has 1 saturated heterocycles. The highest BCUT2D eigenvalue weighted by Crippen LogP contribution is 2.25. The fourth-order valence-electron chi connectivity index (χ4n) is 1.98. The molecule has 1 aliphatic heterocycles. The lowest BCUT2D eigenvalue weighted by molar-refractivity contribution is 0.129. The van der Waals surface area contributed by atoms with Crippen LogP contribution in [0.3, 0.4) is 0 Å². The molecule has 0 aliphatic carbocycles. The van der Waals surface area contributed by atoms with Gasteiger partial charge in [-0.1, -0.05) is 12.1 Å². The van der Waals surface area contributed by atoms with Crippen LogP contribution in [-0.4, -0.2) is 25.5 Å². The summed E-state index contributed by atoms with van der Waals surface area (Å²) >= 11 is 1.90. The first-order valence-electron chi connectivity index (χ1n) is 6.31. The Hall–Kier alpha value is -0.510. The van der Waals surface area contributed by atoms with E-state index in [0.29, 0.717) is 12.1 Å². The molecule has 0 saturated carbocycles. The van der Waals surface area contributed by atoms with Crippen LogP contribution in [0.1, 0.15) is 31.4 Å². The minimum absolute atomic E-state index is 0.423. The molecule has 2 rings (SSSR count). The Morgan fingerprint density at radius 2 is 2.18 bits per heavy atom. The molecule has 0 radical (unpaired) electrons. The highest BCUT2D eigenvalue weighted by molar-refractivity contribution is 7.99. The zero-order valence-corrected chi connectivity index (χ0v) is 11.4. The summed E-state index contributed by atoms with van der Waals surface area (Å²) in [6, 6.07) is 9.26. The molecule has 1 heterocycles. The van der Waals surface area contributed by atoms with Gasteiger partial charge in [-0.25, -0.2) is 0 Å². The third-order valence-corrected chi connectivity index (χ3v) is 4.42. The summed E-state index contributed by atoms with van der Waals surface area (Å²) in [5, 5.41) is 3.25. The zero-order chi connectivity index (χ0) is 12.1. The average Bonchev–Trinajstić information content (AvgIpc) is 2.89. The van der Waals surface area contributed by atoms with Crippen molar-refractivity contribution < 1.29 is 4.74 Å². The van der Waals surface area contributed by atoms with Crippen LogP contribution in [0.15, 0.2) is 29.2 Å². The maximum atomic E-state index is 5.62. The third kappa shape index (κ3) is 3.73. The number of nitrogens with one attached hydrogen (secondary N) is 1. The zero-order valence-electron chi connectivity index (χ0n) is 10.6. The van der Waals surface area contributed by atoms with E-state index in [1.165, 1.54) is 23.3 Å². The second kappa shape index (κ2) is 6.43. The van der Waals surface area contributed by atoms with Gasteiger partial charge in [-0.05, 0) is 44.5 Å². The highest BCUT2D eigenvalue weighted by Gasteiger charge is 2.15. The first kappa shape index (κ1) is 12.9. The Kier molecular flexibility index (Phi) is 4.89. The smallest absolute Gasteiger partial charge is 0.0669 e. The van der Waals surface area contributed by atoms with E-state index in [0.717, 1.165) is 12.4 Å². The first-order chi connectivity index (χ1) is 8.29. The molecule has 17 heavy (non-hydrogen) atoms. The lowest BCUT2D eigenvalue weighted by atomic mass is 10.1. The van der Waals surface area contributed by atoms with Crippen LogP contribution in [0.2, 0.25) is 0 Å². The summed E-state index contributed by atoms with van der Waals surface area (Å²) < 4.78 is 5.62. The molecule has 2 atom stereocenters. The molecule has 0 aromatic heterocycles. The standard InChI is InChI=1S/C14H21NOS/c1-11(15-2)12-5-7-14(8-6-12)17-10-13-4-3-9-16-13/h5-8,11,13,15H,3-4,9-10H2,1-2H3. The fourth-order valence-corrected chi connectivity index (χ4v) is 2.95. The quantitative estimate of drug-likeness (QED) is 0.812. The molecular weight excluding hydrogens is 230 g/mol. The Morgan fingerprint density at radius 3 is 2.76 bits per heavy atom. The van der Waals surface area contributed by atoms with Crippen molar-refractivity contribution in [1.29, 1.82) is 0 Å². The van der Waals surface area contributed by atoms with Gasteiger partial charge >= 0.3 is 0 Å². The monoisotopic (exact) mass is 251 g/mol. The van der Waals surface area contributed by atoms with Crippen molar-refractivity contribution in [2.75, 3.05) is 19.4 Å². The largest absolute Gasteiger partial charge is 0.377 e. The second-order valence-electron chi connectivity index (χ2n) is 4.53. The SMILES string of the molecule is CNC(C)c1ccc(SCC2CCCO2)cc1. The van der Waals surface area contributed by atoms with E-state index in [2.05, 4.69) is 36.5 Å². The van der Waals surface area contributed by atoms with Gasteiger partial charge in [0.1, 0.15) is 0 Å². The maximum Gasteiger partial charge on any atom is 0.0669 e. The van der Waals surface area contributed by atoms with Gasteiger partial charge in [-0.15, -0.1) is 11.8 Å². The molecule has 2 nitrogen and oxygen atoms in total. The molecule has 1 fully saturated rings. The number of hydrogen-bond acceptors (Lipinski definition) is 3.